The third-order valence-electron chi connectivity index (χ3n) is 2.95. The SMILES string of the molecule is CCCNCc1ccc(-n2nc(C)cc2C)cc1. The van der Waals surface area contributed by atoms with Crippen LogP contribution >= 0.6 is 0 Å². The molecule has 2 rings (SSSR count). The molecular weight excluding hydrogens is 222 g/mol. The Hall–Kier alpha value is -1.61. The second kappa shape index (κ2) is 5.83. The van der Waals surface area contributed by atoms with Gasteiger partial charge in [0.25, 0.3) is 0 Å². The maximum absolute atomic E-state index is 4.49. The van der Waals surface area contributed by atoms with E-state index < -0.39 is 0 Å². The Labute approximate surface area is 109 Å². The maximum atomic E-state index is 4.49. The molecule has 0 radical (unpaired) electrons. The summed E-state index contributed by atoms with van der Waals surface area (Å²) in [5.41, 5.74) is 4.67. The van der Waals surface area contributed by atoms with Crippen LogP contribution in [-0.4, -0.2) is 16.3 Å². The van der Waals surface area contributed by atoms with Crippen molar-refractivity contribution in [2.45, 2.75) is 33.7 Å². The smallest absolute Gasteiger partial charge is 0.0648 e. The predicted octanol–water partition coefficient (Wildman–Crippen LogP) is 2.99. The van der Waals surface area contributed by atoms with Crippen molar-refractivity contribution < 1.29 is 0 Å². The Morgan fingerprint density at radius 2 is 1.89 bits per heavy atom. The first-order valence-corrected chi connectivity index (χ1v) is 6.54. The lowest BCUT2D eigenvalue weighted by Crippen LogP contribution is -2.13. The fourth-order valence-corrected chi connectivity index (χ4v) is 2.05. The molecule has 0 unspecified atom stereocenters. The zero-order valence-corrected chi connectivity index (χ0v) is 11.4. The van der Waals surface area contributed by atoms with Gasteiger partial charge in [0.1, 0.15) is 0 Å². The molecule has 0 bridgehead atoms. The average molecular weight is 243 g/mol. The summed E-state index contributed by atoms with van der Waals surface area (Å²) in [4.78, 5) is 0. The molecule has 0 aliphatic carbocycles. The summed E-state index contributed by atoms with van der Waals surface area (Å²) in [7, 11) is 0. The molecule has 1 heterocycles. The number of hydrogen-bond donors (Lipinski definition) is 1. The van der Waals surface area contributed by atoms with Gasteiger partial charge in [-0.2, -0.15) is 5.10 Å². The summed E-state index contributed by atoms with van der Waals surface area (Å²) in [6.45, 7) is 8.28. The molecule has 0 fully saturated rings. The van der Waals surface area contributed by atoms with E-state index in [4.69, 9.17) is 0 Å². The molecule has 0 spiro atoms. The number of aromatic nitrogens is 2. The Kier molecular flexibility index (Phi) is 4.15. The number of nitrogens with one attached hydrogen (secondary N) is 1. The first kappa shape index (κ1) is 12.8. The lowest BCUT2D eigenvalue weighted by atomic mass is 10.2. The van der Waals surface area contributed by atoms with Crippen LogP contribution in [-0.2, 0) is 6.54 Å². The number of nitrogens with zero attached hydrogens (tertiary/aromatic N) is 2. The van der Waals surface area contributed by atoms with Gasteiger partial charge in [0.15, 0.2) is 0 Å². The molecule has 1 N–H and O–H groups in total. The summed E-state index contributed by atoms with van der Waals surface area (Å²) < 4.78 is 1.98. The van der Waals surface area contributed by atoms with Gasteiger partial charge in [-0.3, -0.25) is 0 Å². The molecule has 18 heavy (non-hydrogen) atoms. The lowest BCUT2D eigenvalue weighted by Gasteiger charge is -2.07. The molecule has 2 aromatic rings. The summed E-state index contributed by atoms with van der Waals surface area (Å²) >= 11 is 0. The fraction of sp³-hybridized carbons (Fsp3) is 0.400. The Balaban J connectivity index is 2.10. The number of rotatable bonds is 5. The van der Waals surface area contributed by atoms with Gasteiger partial charge in [0, 0.05) is 12.2 Å². The van der Waals surface area contributed by atoms with Gasteiger partial charge < -0.3 is 5.32 Å². The van der Waals surface area contributed by atoms with E-state index >= 15 is 0 Å². The minimum Gasteiger partial charge on any atom is -0.313 e. The largest absolute Gasteiger partial charge is 0.313 e. The highest BCUT2D eigenvalue weighted by Gasteiger charge is 2.03. The van der Waals surface area contributed by atoms with Crippen LogP contribution in [0.5, 0.6) is 0 Å². The zero-order chi connectivity index (χ0) is 13.0. The molecule has 3 nitrogen and oxygen atoms in total. The van der Waals surface area contributed by atoms with Gasteiger partial charge in [-0.25, -0.2) is 4.68 Å². The second-order valence-electron chi connectivity index (χ2n) is 4.68. The number of aryl methyl sites for hydroxylation is 2. The van der Waals surface area contributed by atoms with Crippen molar-refractivity contribution in [2.75, 3.05) is 6.54 Å². The molecule has 0 amide bonds. The lowest BCUT2D eigenvalue weighted by molar-refractivity contribution is 0.675. The third kappa shape index (κ3) is 2.99. The first-order valence-electron chi connectivity index (χ1n) is 6.54. The van der Waals surface area contributed by atoms with E-state index in [0.717, 1.165) is 24.5 Å². The van der Waals surface area contributed by atoms with Crippen molar-refractivity contribution >= 4 is 0 Å². The summed E-state index contributed by atoms with van der Waals surface area (Å²) in [6, 6.07) is 10.7. The van der Waals surface area contributed by atoms with Crippen molar-refractivity contribution in [1.82, 2.24) is 15.1 Å². The van der Waals surface area contributed by atoms with Crippen LogP contribution in [0.1, 0.15) is 30.3 Å². The van der Waals surface area contributed by atoms with Crippen LogP contribution in [0.2, 0.25) is 0 Å². The maximum Gasteiger partial charge on any atom is 0.0648 e. The van der Waals surface area contributed by atoms with Crippen molar-refractivity contribution in [3.05, 3.63) is 47.3 Å². The monoisotopic (exact) mass is 243 g/mol. The van der Waals surface area contributed by atoms with Gasteiger partial charge in [-0.15, -0.1) is 0 Å². The minimum atomic E-state index is 0.936. The first-order chi connectivity index (χ1) is 8.70. The topological polar surface area (TPSA) is 29.9 Å². The minimum absolute atomic E-state index is 0.936. The van der Waals surface area contributed by atoms with E-state index in [-0.39, 0.29) is 0 Å². The second-order valence-corrected chi connectivity index (χ2v) is 4.68. The summed E-state index contributed by atoms with van der Waals surface area (Å²) in [5, 5.41) is 7.89. The molecule has 0 aliphatic heterocycles. The van der Waals surface area contributed by atoms with Gasteiger partial charge in [-0.05, 0) is 50.6 Å². The van der Waals surface area contributed by atoms with E-state index in [0.29, 0.717) is 0 Å². The zero-order valence-electron chi connectivity index (χ0n) is 11.4. The van der Waals surface area contributed by atoms with Crippen LogP contribution < -0.4 is 5.32 Å². The van der Waals surface area contributed by atoms with Gasteiger partial charge in [-0.1, -0.05) is 19.1 Å². The standard InChI is InChI=1S/C15H21N3/c1-4-9-16-11-14-5-7-15(8-6-14)18-13(3)10-12(2)17-18/h5-8,10,16H,4,9,11H2,1-3H3. The third-order valence-corrected chi connectivity index (χ3v) is 2.95. The van der Waals surface area contributed by atoms with Crippen molar-refractivity contribution in [3.8, 4) is 5.69 Å². The van der Waals surface area contributed by atoms with Crippen LogP contribution in [0.3, 0.4) is 0 Å². The molecular formula is C15H21N3. The van der Waals surface area contributed by atoms with Crippen molar-refractivity contribution in [3.63, 3.8) is 0 Å². The van der Waals surface area contributed by atoms with E-state index in [9.17, 15) is 0 Å². The molecule has 0 saturated carbocycles. The fourth-order valence-electron chi connectivity index (χ4n) is 2.05. The van der Waals surface area contributed by atoms with E-state index in [1.54, 1.807) is 0 Å². The van der Waals surface area contributed by atoms with Gasteiger partial charge >= 0.3 is 0 Å². The number of benzene rings is 1. The molecule has 1 aromatic heterocycles. The predicted molar refractivity (Wildman–Crippen MR) is 75.0 cm³/mol. The molecule has 96 valence electrons. The molecule has 0 saturated heterocycles. The molecule has 0 aliphatic rings. The summed E-state index contributed by atoms with van der Waals surface area (Å²) in [6.07, 6.45) is 1.17. The van der Waals surface area contributed by atoms with E-state index in [1.165, 1.54) is 17.7 Å². The quantitative estimate of drug-likeness (QED) is 0.818. The molecule has 3 heteroatoms. The Morgan fingerprint density at radius 1 is 1.17 bits per heavy atom. The van der Waals surface area contributed by atoms with E-state index in [1.807, 2.05) is 11.6 Å². The van der Waals surface area contributed by atoms with Gasteiger partial charge in [0.05, 0.1) is 11.4 Å². The average Bonchev–Trinajstić information content (AvgIpc) is 2.70. The van der Waals surface area contributed by atoms with Crippen LogP contribution in [0.4, 0.5) is 0 Å². The normalized spacial score (nSPS) is 10.8. The highest BCUT2D eigenvalue weighted by atomic mass is 15.3. The van der Waals surface area contributed by atoms with Crippen LogP contribution in [0.25, 0.3) is 5.69 Å². The highest BCUT2D eigenvalue weighted by Crippen LogP contribution is 2.12. The van der Waals surface area contributed by atoms with Crippen molar-refractivity contribution in [1.29, 1.82) is 0 Å². The van der Waals surface area contributed by atoms with E-state index in [2.05, 4.69) is 54.6 Å². The van der Waals surface area contributed by atoms with Crippen molar-refractivity contribution in [2.24, 2.45) is 0 Å². The Bertz CT molecular complexity index is 497. The molecule has 0 atom stereocenters. The number of hydrogen-bond acceptors (Lipinski definition) is 2. The summed E-state index contributed by atoms with van der Waals surface area (Å²) in [5.74, 6) is 0. The van der Waals surface area contributed by atoms with Gasteiger partial charge in [0.2, 0.25) is 0 Å². The van der Waals surface area contributed by atoms with Crippen LogP contribution in [0.15, 0.2) is 30.3 Å². The highest BCUT2D eigenvalue weighted by molar-refractivity contribution is 5.35. The molecule has 1 aromatic carbocycles. The Morgan fingerprint density at radius 3 is 2.44 bits per heavy atom. The van der Waals surface area contributed by atoms with Crippen LogP contribution in [0, 0.1) is 13.8 Å².